The molecule has 0 saturated carbocycles. The first-order valence-corrected chi connectivity index (χ1v) is 5.12. The summed E-state index contributed by atoms with van der Waals surface area (Å²) >= 11 is 0. The standard InChI is InChI=1S/C12H8F4/c13-9-7-4-5-2-1-3-6(5)8(7)10(14)12(16)11(9)15/h1,3,5-6H,2,4H2/t5-,6-/m1/s1. The SMILES string of the molecule is Fc1c(F)c(F)c2c(c1F)C[C@H]1CC=C[C@@H]21. The van der Waals surface area contributed by atoms with Crippen LogP contribution in [0.2, 0.25) is 0 Å². The summed E-state index contributed by atoms with van der Waals surface area (Å²) in [4.78, 5) is 0. The number of fused-ring (bicyclic) bond motifs is 3. The van der Waals surface area contributed by atoms with Crippen LogP contribution >= 0.6 is 0 Å². The smallest absolute Gasteiger partial charge is 0.197 e. The Morgan fingerprint density at radius 2 is 1.62 bits per heavy atom. The number of rotatable bonds is 0. The first-order valence-electron chi connectivity index (χ1n) is 5.12. The summed E-state index contributed by atoms with van der Waals surface area (Å²) in [6.45, 7) is 0. The van der Waals surface area contributed by atoms with Crippen LogP contribution in [0, 0.1) is 29.2 Å². The van der Waals surface area contributed by atoms with Crippen molar-refractivity contribution in [1.29, 1.82) is 0 Å². The second-order valence-electron chi connectivity index (χ2n) is 4.30. The lowest BCUT2D eigenvalue weighted by Gasteiger charge is -2.10. The fourth-order valence-electron chi connectivity index (χ4n) is 2.75. The summed E-state index contributed by atoms with van der Waals surface area (Å²) in [6, 6.07) is 0. The van der Waals surface area contributed by atoms with E-state index in [9.17, 15) is 17.6 Å². The first kappa shape index (κ1) is 9.87. The van der Waals surface area contributed by atoms with Gasteiger partial charge in [-0.3, -0.25) is 0 Å². The molecule has 2 atom stereocenters. The molecule has 2 aliphatic carbocycles. The Morgan fingerprint density at radius 1 is 0.938 bits per heavy atom. The normalized spacial score (nSPS) is 26.0. The van der Waals surface area contributed by atoms with Gasteiger partial charge in [0.25, 0.3) is 0 Å². The first-order chi connectivity index (χ1) is 7.61. The quantitative estimate of drug-likeness (QED) is 0.276. The Kier molecular flexibility index (Phi) is 1.91. The van der Waals surface area contributed by atoms with Crippen molar-refractivity contribution in [2.75, 3.05) is 0 Å². The average molecular weight is 228 g/mol. The van der Waals surface area contributed by atoms with Crippen LogP contribution in [0.5, 0.6) is 0 Å². The van der Waals surface area contributed by atoms with Gasteiger partial charge in [0.15, 0.2) is 23.3 Å². The predicted octanol–water partition coefficient (Wildman–Crippen LogP) is 3.46. The molecule has 2 aliphatic rings. The molecule has 4 heteroatoms. The Hall–Kier alpha value is -1.32. The summed E-state index contributed by atoms with van der Waals surface area (Å²) in [5, 5.41) is 0. The molecular weight excluding hydrogens is 220 g/mol. The Morgan fingerprint density at radius 3 is 2.38 bits per heavy atom. The van der Waals surface area contributed by atoms with Crippen molar-refractivity contribution < 1.29 is 17.6 Å². The Balaban J connectivity index is 2.29. The maximum Gasteiger partial charge on any atom is 0.197 e. The minimum absolute atomic E-state index is 0.00940. The third-order valence-electron chi connectivity index (χ3n) is 3.49. The zero-order valence-electron chi connectivity index (χ0n) is 8.24. The molecule has 84 valence electrons. The van der Waals surface area contributed by atoms with E-state index in [-0.39, 0.29) is 29.4 Å². The van der Waals surface area contributed by atoms with Crippen LogP contribution < -0.4 is 0 Å². The predicted molar refractivity (Wildman–Crippen MR) is 50.0 cm³/mol. The molecule has 16 heavy (non-hydrogen) atoms. The van der Waals surface area contributed by atoms with Crippen molar-refractivity contribution in [3.8, 4) is 0 Å². The maximum absolute atomic E-state index is 13.6. The summed E-state index contributed by atoms with van der Waals surface area (Å²) < 4.78 is 53.1. The van der Waals surface area contributed by atoms with Crippen LogP contribution in [0.4, 0.5) is 17.6 Å². The van der Waals surface area contributed by atoms with Gasteiger partial charge in [-0.1, -0.05) is 12.2 Å². The zero-order valence-corrected chi connectivity index (χ0v) is 8.24. The Bertz CT molecular complexity index is 504. The van der Waals surface area contributed by atoms with E-state index in [1.807, 2.05) is 6.08 Å². The van der Waals surface area contributed by atoms with Crippen LogP contribution in [-0.2, 0) is 6.42 Å². The molecule has 0 heterocycles. The van der Waals surface area contributed by atoms with E-state index in [2.05, 4.69) is 0 Å². The highest BCUT2D eigenvalue weighted by atomic mass is 19.2. The number of benzene rings is 1. The maximum atomic E-state index is 13.6. The second kappa shape index (κ2) is 3.09. The fraction of sp³-hybridized carbons (Fsp3) is 0.333. The molecule has 0 N–H and O–H groups in total. The van der Waals surface area contributed by atoms with E-state index >= 15 is 0 Å². The van der Waals surface area contributed by atoms with E-state index in [1.54, 1.807) is 6.08 Å². The van der Waals surface area contributed by atoms with Gasteiger partial charge >= 0.3 is 0 Å². The molecule has 1 aromatic carbocycles. The average Bonchev–Trinajstić information content (AvgIpc) is 2.82. The van der Waals surface area contributed by atoms with Crippen molar-refractivity contribution in [3.05, 3.63) is 46.5 Å². The van der Waals surface area contributed by atoms with Crippen molar-refractivity contribution >= 4 is 0 Å². The zero-order chi connectivity index (χ0) is 11.4. The van der Waals surface area contributed by atoms with Crippen molar-refractivity contribution in [2.45, 2.75) is 18.8 Å². The van der Waals surface area contributed by atoms with Gasteiger partial charge < -0.3 is 0 Å². The summed E-state index contributed by atoms with van der Waals surface area (Å²) in [6.07, 6.45) is 4.61. The topological polar surface area (TPSA) is 0 Å². The van der Waals surface area contributed by atoms with Gasteiger partial charge in [-0.2, -0.15) is 0 Å². The highest BCUT2D eigenvalue weighted by Crippen LogP contribution is 2.47. The van der Waals surface area contributed by atoms with Gasteiger partial charge in [0.2, 0.25) is 0 Å². The molecule has 3 rings (SSSR count). The number of halogens is 4. The molecular formula is C12H8F4. The molecule has 0 aliphatic heterocycles. The van der Waals surface area contributed by atoms with Crippen LogP contribution in [0.1, 0.15) is 23.5 Å². The highest BCUT2D eigenvalue weighted by Gasteiger charge is 2.40. The molecule has 0 unspecified atom stereocenters. The minimum Gasteiger partial charge on any atom is -0.203 e. The van der Waals surface area contributed by atoms with E-state index in [0.717, 1.165) is 0 Å². The Labute approximate surface area is 89.6 Å². The molecule has 0 aromatic heterocycles. The lowest BCUT2D eigenvalue weighted by atomic mass is 9.96. The lowest BCUT2D eigenvalue weighted by molar-refractivity contribution is 0.402. The van der Waals surface area contributed by atoms with Gasteiger partial charge in [-0.15, -0.1) is 0 Å². The third kappa shape index (κ3) is 1.05. The molecule has 0 nitrogen and oxygen atoms in total. The second-order valence-corrected chi connectivity index (χ2v) is 4.30. The van der Waals surface area contributed by atoms with Crippen LogP contribution in [-0.4, -0.2) is 0 Å². The lowest BCUT2D eigenvalue weighted by Crippen LogP contribution is -2.05. The van der Waals surface area contributed by atoms with Gasteiger partial charge in [0.1, 0.15) is 0 Å². The number of allylic oxidation sites excluding steroid dienone is 2. The molecule has 0 bridgehead atoms. The minimum atomic E-state index is -1.70. The number of hydrogen-bond donors (Lipinski definition) is 0. The molecule has 0 spiro atoms. The van der Waals surface area contributed by atoms with Gasteiger partial charge in [0, 0.05) is 11.5 Å². The molecule has 0 radical (unpaired) electrons. The summed E-state index contributed by atoms with van der Waals surface area (Å²) in [5.41, 5.74) is 0.0194. The van der Waals surface area contributed by atoms with Crippen molar-refractivity contribution in [1.82, 2.24) is 0 Å². The van der Waals surface area contributed by atoms with E-state index in [4.69, 9.17) is 0 Å². The summed E-state index contributed by atoms with van der Waals surface area (Å²) in [7, 11) is 0. The largest absolute Gasteiger partial charge is 0.203 e. The van der Waals surface area contributed by atoms with E-state index < -0.39 is 23.3 Å². The molecule has 1 aromatic rings. The van der Waals surface area contributed by atoms with Crippen molar-refractivity contribution in [2.24, 2.45) is 5.92 Å². The number of hydrogen-bond acceptors (Lipinski definition) is 0. The van der Waals surface area contributed by atoms with E-state index in [1.165, 1.54) is 0 Å². The molecule has 0 saturated heterocycles. The highest BCUT2D eigenvalue weighted by molar-refractivity contribution is 5.44. The van der Waals surface area contributed by atoms with Crippen LogP contribution in [0.25, 0.3) is 0 Å². The van der Waals surface area contributed by atoms with Crippen molar-refractivity contribution in [3.63, 3.8) is 0 Å². The van der Waals surface area contributed by atoms with Crippen LogP contribution in [0.15, 0.2) is 12.2 Å². The van der Waals surface area contributed by atoms with Crippen LogP contribution in [0.3, 0.4) is 0 Å². The molecule has 0 amide bonds. The summed E-state index contributed by atoms with van der Waals surface area (Å²) in [5.74, 6) is -6.08. The van der Waals surface area contributed by atoms with E-state index in [0.29, 0.717) is 6.42 Å². The fourth-order valence-corrected chi connectivity index (χ4v) is 2.75. The van der Waals surface area contributed by atoms with Gasteiger partial charge in [0.05, 0.1) is 0 Å². The molecule has 0 fully saturated rings. The van der Waals surface area contributed by atoms with Gasteiger partial charge in [-0.05, 0) is 24.3 Å². The third-order valence-corrected chi connectivity index (χ3v) is 3.49. The van der Waals surface area contributed by atoms with Gasteiger partial charge in [-0.25, -0.2) is 17.6 Å². The monoisotopic (exact) mass is 228 g/mol.